The van der Waals surface area contributed by atoms with E-state index in [2.05, 4.69) is 33.0 Å². The zero-order valence-corrected chi connectivity index (χ0v) is 16.7. The number of hydrogen-bond donors (Lipinski definition) is 0. The van der Waals surface area contributed by atoms with Gasteiger partial charge in [0, 0.05) is 31.7 Å². The molecule has 0 aromatic carbocycles. The Kier molecular flexibility index (Phi) is 5.53. The quantitative estimate of drug-likeness (QED) is 0.525. The molecule has 7 heteroatoms. The second kappa shape index (κ2) is 7.50. The van der Waals surface area contributed by atoms with Gasteiger partial charge in [-0.25, -0.2) is 9.78 Å². The summed E-state index contributed by atoms with van der Waals surface area (Å²) in [6.07, 6.45) is 1.32. The van der Waals surface area contributed by atoms with E-state index in [-0.39, 0.29) is 11.0 Å². The number of hydrogen-bond acceptors (Lipinski definition) is 5. The number of pyridine rings is 1. The lowest BCUT2D eigenvalue weighted by Gasteiger charge is -2.33. The van der Waals surface area contributed by atoms with Gasteiger partial charge in [-0.3, -0.25) is 0 Å². The molecule has 6 nitrogen and oxygen atoms in total. The van der Waals surface area contributed by atoms with Gasteiger partial charge in [0.1, 0.15) is 16.4 Å². The highest BCUT2D eigenvalue weighted by Crippen LogP contribution is 2.24. The Balaban J connectivity index is 1.70. The number of aromatic nitrogens is 1. The van der Waals surface area contributed by atoms with Gasteiger partial charge in [-0.15, -0.1) is 0 Å². The molecule has 3 rings (SSSR count). The molecule has 1 aromatic heterocycles. The zero-order valence-electron chi connectivity index (χ0n) is 15.1. The first-order valence-corrected chi connectivity index (χ1v) is 9.70. The predicted octanol–water partition coefficient (Wildman–Crippen LogP) is 2.97. The summed E-state index contributed by atoms with van der Waals surface area (Å²) in [6.45, 7) is 9.18. The van der Waals surface area contributed by atoms with Crippen LogP contribution in [0.3, 0.4) is 0 Å². The summed E-state index contributed by atoms with van der Waals surface area (Å²) < 4.78 is 11.0. The van der Waals surface area contributed by atoms with E-state index in [4.69, 9.17) is 14.5 Å². The smallest absolute Gasteiger partial charge is 0.410 e. The second-order valence-corrected chi connectivity index (χ2v) is 8.50. The molecular formula is C18H26BrN3O3. The van der Waals surface area contributed by atoms with Crippen molar-refractivity contribution < 1.29 is 14.3 Å². The molecule has 138 valence electrons. The summed E-state index contributed by atoms with van der Waals surface area (Å²) in [7, 11) is 0. The molecule has 1 atom stereocenters. The molecule has 25 heavy (non-hydrogen) atoms. The standard InChI is InChI=1S/C18H26BrN3O3/c1-18(2,3)25-17(23)21-8-6-13-4-5-16(20-14(13)7-9-21)22-10-11-24-12-15(22)19/h4-5,15H,6-12H2,1-3H3. The van der Waals surface area contributed by atoms with Gasteiger partial charge < -0.3 is 19.3 Å². The molecule has 3 heterocycles. The Bertz CT molecular complexity index is 632. The number of fused-ring (bicyclic) bond motifs is 1. The molecule has 2 aliphatic rings. The first-order chi connectivity index (χ1) is 11.8. The Morgan fingerprint density at radius 2 is 2.04 bits per heavy atom. The van der Waals surface area contributed by atoms with Crippen molar-refractivity contribution in [3.63, 3.8) is 0 Å². The minimum atomic E-state index is -0.469. The van der Waals surface area contributed by atoms with Gasteiger partial charge >= 0.3 is 6.09 Å². The van der Waals surface area contributed by atoms with Crippen LogP contribution in [0.1, 0.15) is 32.0 Å². The fourth-order valence-corrected chi connectivity index (χ4v) is 3.67. The largest absolute Gasteiger partial charge is 0.444 e. The molecule has 0 radical (unpaired) electrons. The fraction of sp³-hybridized carbons (Fsp3) is 0.667. The average Bonchev–Trinajstić information content (AvgIpc) is 2.75. The van der Waals surface area contributed by atoms with E-state index in [0.29, 0.717) is 26.3 Å². The number of rotatable bonds is 1. The summed E-state index contributed by atoms with van der Waals surface area (Å²) in [5, 5.41) is 0. The minimum absolute atomic E-state index is 0.149. The number of anilines is 1. The maximum Gasteiger partial charge on any atom is 0.410 e. The van der Waals surface area contributed by atoms with Gasteiger partial charge in [0.25, 0.3) is 0 Å². The minimum Gasteiger partial charge on any atom is -0.444 e. The molecule has 1 unspecified atom stereocenters. The monoisotopic (exact) mass is 411 g/mol. The summed E-state index contributed by atoms with van der Waals surface area (Å²) in [6, 6.07) is 4.22. The molecule has 1 fully saturated rings. The van der Waals surface area contributed by atoms with Gasteiger partial charge in [0.2, 0.25) is 0 Å². The topological polar surface area (TPSA) is 54.9 Å². The van der Waals surface area contributed by atoms with E-state index in [1.54, 1.807) is 4.90 Å². The highest BCUT2D eigenvalue weighted by atomic mass is 79.9. The van der Waals surface area contributed by atoms with E-state index in [1.807, 2.05) is 20.8 Å². The van der Waals surface area contributed by atoms with Crippen LogP contribution in [-0.4, -0.2) is 59.4 Å². The fourth-order valence-electron chi connectivity index (χ4n) is 3.07. The van der Waals surface area contributed by atoms with Gasteiger partial charge in [-0.2, -0.15) is 0 Å². The number of ether oxygens (including phenoxy) is 2. The first-order valence-electron chi connectivity index (χ1n) is 8.79. The summed E-state index contributed by atoms with van der Waals surface area (Å²) >= 11 is 3.65. The van der Waals surface area contributed by atoms with Gasteiger partial charge in [0.15, 0.2) is 0 Å². The van der Waals surface area contributed by atoms with Crippen LogP contribution >= 0.6 is 15.9 Å². The first kappa shape index (κ1) is 18.5. The van der Waals surface area contributed by atoms with Crippen LogP contribution in [0.2, 0.25) is 0 Å². The van der Waals surface area contributed by atoms with Crippen molar-refractivity contribution in [2.75, 3.05) is 37.7 Å². The van der Waals surface area contributed by atoms with Crippen LogP contribution < -0.4 is 4.90 Å². The molecule has 0 bridgehead atoms. The van der Waals surface area contributed by atoms with Gasteiger partial charge in [-0.1, -0.05) is 22.0 Å². The van der Waals surface area contributed by atoms with Gasteiger partial charge in [0.05, 0.1) is 13.2 Å². The number of nitrogens with zero attached hydrogens (tertiary/aromatic N) is 3. The Morgan fingerprint density at radius 3 is 2.76 bits per heavy atom. The van der Waals surface area contributed by atoms with Crippen molar-refractivity contribution in [3.05, 3.63) is 23.4 Å². The van der Waals surface area contributed by atoms with Crippen molar-refractivity contribution >= 4 is 27.8 Å². The molecule has 2 aliphatic heterocycles. The van der Waals surface area contributed by atoms with E-state index in [1.165, 1.54) is 5.56 Å². The molecule has 0 aliphatic carbocycles. The number of carbonyl (C=O) groups is 1. The maximum atomic E-state index is 12.3. The average molecular weight is 412 g/mol. The van der Waals surface area contributed by atoms with Crippen LogP contribution in [0, 0.1) is 0 Å². The number of halogens is 1. The maximum absolute atomic E-state index is 12.3. The van der Waals surface area contributed by atoms with E-state index in [9.17, 15) is 4.79 Å². The summed E-state index contributed by atoms with van der Waals surface area (Å²) in [5.41, 5.74) is 1.83. The number of amides is 1. The van der Waals surface area contributed by atoms with Crippen molar-refractivity contribution in [1.82, 2.24) is 9.88 Å². The predicted molar refractivity (Wildman–Crippen MR) is 100 cm³/mol. The van der Waals surface area contributed by atoms with E-state index in [0.717, 1.165) is 30.9 Å². The molecule has 1 aromatic rings. The molecule has 0 spiro atoms. The van der Waals surface area contributed by atoms with Crippen molar-refractivity contribution in [3.8, 4) is 0 Å². The zero-order chi connectivity index (χ0) is 18.0. The summed E-state index contributed by atoms with van der Waals surface area (Å²) in [5.74, 6) is 0.967. The lowest BCUT2D eigenvalue weighted by molar-refractivity contribution is 0.0258. The normalized spacial score (nSPS) is 21.5. The third-order valence-corrected chi connectivity index (χ3v) is 5.10. The van der Waals surface area contributed by atoms with E-state index < -0.39 is 5.60 Å². The van der Waals surface area contributed by atoms with Crippen LogP contribution in [0.4, 0.5) is 10.6 Å². The Labute approximate surface area is 157 Å². The molecule has 1 saturated heterocycles. The Hall–Kier alpha value is -1.34. The van der Waals surface area contributed by atoms with Crippen molar-refractivity contribution in [2.24, 2.45) is 0 Å². The molecule has 1 amide bonds. The van der Waals surface area contributed by atoms with Crippen LogP contribution in [-0.2, 0) is 22.3 Å². The van der Waals surface area contributed by atoms with Crippen LogP contribution in [0.15, 0.2) is 12.1 Å². The van der Waals surface area contributed by atoms with E-state index >= 15 is 0 Å². The number of alkyl halides is 1. The lowest BCUT2D eigenvalue weighted by atomic mass is 10.1. The second-order valence-electron chi connectivity index (χ2n) is 7.45. The molecule has 0 saturated carbocycles. The summed E-state index contributed by atoms with van der Waals surface area (Å²) in [4.78, 5) is 21.4. The SMILES string of the molecule is CC(C)(C)OC(=O)N1CCc2ccc(N3CCOCC3Br)nc2CC1. The third kappa shape index (κ3) is 4.64. The van der Waals surface area contributed by atoms with Crippen LogP contribution in [0.5, 0.6) is 0 Å². The molecular weight excluding hydrogens is 386 g/mol. The van der Waals surface area contributed by atoms with Gasteiger partial charge in [-0.05, 0) is 38.8 Å². The third-order valence-electron chi connectivity index (χ3n) is 4.34. The lowest BCUT2D eigenvalue weighted by Crippen LogP contribution is -2.42. The van der Waals surface area contributed by atoms with Crippen molar-refractivity contribution in [1.29, 1.82) is 0 Å². The highest BCUT2D eigenvalue weighted by Gasteiger charge is 2.26. The molecule has 0 N–H and O–H groups in total. The number of carbonyl (C=O) groups excluding carboxylic acids is 1. The van der Waals surface area contributed by atoms with Crippen LogP contribution in [0.25, 0.3) is 0 Å². The Morgan fingerprint density at radius 1 is 1.28 bits per heavy atom. The highest BCUT2D eigenvalue weighted by molar-refractivity contribution is 9.09. The van der Waals surface area contributed by atoms with Crippen molar-refractivity contribution in [2.45, 2.75) is 44.2 Å². The number of morpholine rings is 1.